The fraction of sp³-hybridized carbons (Fsp3) is 0.0750. The van der Waals surface area contributed by atoms with E-state index in [4.69, 9.17) is 9.40 Å². The standard InChI is InChI=1S/C40H31N3OSi/c1-45(2,3)29-21-23-33-36(25-29)43(40(41-33)26-11-5-4-6-12-26)28-19-17-27(18-20-28)42-34-15-9-7-14-32(34)38-35(42)24-22-31-30-13-8-10-16-37(30)44-39(31)38/h4-25H,1-3H3. The highest BCUT2D eigenvalue weighted by atomic mass is 28.3. The number of rotatable bonds is 4. The van der Waals surface area contributed by atoms with Crippen molar-refractivity contribution in [1.29, 1.82) is 0 Å². The van der Waals surface area contributed by atoms with Crippen LogP contribution in [-0.2, 0) is 0 Å². The van der Waals surface area contributed by atoms with Crippen LogP contribution in [0.15, 0.2) is 138 Å². The number of hydrogen-bond donors (Lipinski definition) is 0. The van der Waals surface area contributed by atoms with E-state index in [-0.39, 0.29) is 0 Å². The van der Waals surface area contributed by atoms with Gasteiger partial charge in [-0.3, -0.25) is 4.57 Å². The monoisotopic (exact) mass is 597 g/mol. The maximum atomic E-state index is 6.50. The van der Waals surface area contributed by atoms with Gasteiger partial charge in [0, 0.05) is 33.1 Å². The Morgan fingerprint density at radius 1 is 0.556 bits per heavy atom. The Kier molecular flexibility index (Phi) is 5.53. The number of benzene rings is 6. The molecule has 0 spiro atoms. The molecule has 216 valence electrons. The Balaban J connectivity index is 1.26. The number of furan rings is 1. The Labute approximate surface area is 261 Å². The first-order valence-corrected chi connectivity index (χ1v) is 19.0. The number of aromatic nitrogens is 3. The lowest BCUT2D eigenvalue weighted by Crippen LogP contribution is -2.37. The summed E-state index contributed by atoms with van der Waals surface area (Å²) in [6.07, 6.45) is 0. The maximum Gasteiger partial charge on any atom is 0.145 e. The van der Waals surface area contributed by atoms with Crippen LogP contribution in [0.5, 0.6) is 0 Å². The summed E-state index contributed by atoms with van der Waals surface area (Å²) in [5.41, 5.74) is 9.60. The van der Waals surface area contributed by atoms with Gasteiger partial charge >= 0.3 is 0 Å². The summed E-state index contributed by atoms with van der Waals surface area (Å²) in [6.45, 7) is 7.19. The minimum Gasteiger partial charge on any atom is -0.455 e. The van der Waals surface area contributed by atoms with Gasteiger partial charge in [-0.05, 0) is 60.7 Å². The molecule has 0 saturated heterocycles. The van der Waals surface area contributed by atoms with Crippen molar-refractivity contribution < 1.29 is 4.42 Å². The number of fused-ring (bicyclic) bond motifs is 8. The molecule has 9 rings (SSSR count). The molecule has 0 unspecified atom stereocenters. The largest absolute Gasteiger partial charge is 0.455 e. The summed E-state index contributed by atoms with van der Waals surface area (Å²) >= 11 is 0. The molecule has 3 aromatic heterocycles. The predicted molar refractivity (Wildman–Crippen MR) is 191 cm³/mol. The van der Waals surface area contributed by atoms with Gasteiger partial charge in [-0.25, -0.2) is 4.98 Å². The molecule has 5 heteroatoms. The van der Waals surface area contributed by atoms with Crippen molar-refractivity contribution in [3.05, 3.63) is 133 Å². The second-order valence-electron chi connectivity index (χ2n) is 12.9. The van der Waals surface area contributed by atoms with E-state index in [1.807, 2.05) is 6.07 Å². The van der Waals surface area contributed by atoms with Crippen LogP contribution in [0.3, 0.4) is 0 Å². The first-order valence-electron chi connectivity index (χ1n) is 15.5. The van der Waals surface area contributed by atoms with Crippen LogP contribution < -0.4 is 5.19 Å². The maximum absolute atomic E-state index is 6.50. The summed E-state index contributed by atoms with van der Waals surface area (Å²) in [7, 11) is -1.52. The molecule has 0 N–H and O–H groups in total. The number of para-hydroxylation sites is 2. The zero-order chi connectivity index (χ0) is 30.3. The summed E-state index contributed by atoms with van der Waals surface area (Å²) in [4.78, 5) is 5.15. The Hall–Kier alpha value is -5.39. The van der Waals surface area contributed by atoms with E-state index in [0.29, 0.717) is 0 Å². The molecule has 3 heterocycles. The minimum atomic E-state index is -1.52. The van der Waals surface area contributed by atoms with Crippen molar-refractivity contribution in [2.75, 3.05) is 0 Å². The summed E-state index contributed by atoms with van der Waals surface area (Å²) in [5, 5.41) is 6.06. The molecule has 4 nitrogen and oxygen atoms in total. The molecule has 0 aliphatic rings. The van der Waals surface area contributed by atoms with Gasteiger partial charge in [0.2, 0.25) is 0 Å². The average molecular weight is 598 g/mol. The molecule has 0 aliphatic heterocycles. The fourth-order valence-corrected chi connectivity index (χ4v) is 8.00. The van der Waals surface area contributed by atoms with Crippen molar-refractivity contribution in [3.8, 4) is 22.8 Å². The molecule has 0 aliphatic carbocycles. The summed E-state index contributed by atoms with van der Waals surface area (Å²) in [5.74, 6) is 0.954. The minimum absolute atomic E-state index is 0.917. The van der Waals surface area contributed by atoms with Crippen molar-refractivity contribution in [3.63, 3.8) is 0 Å². The molecular formula is C40H31N3OSi. The Morgan fingerprint density at radius 3 is 2.02 bits per heavy atom. The van der Waals surface area contributed by atoms with E-state index in [0.717, 1.165) is 72.2 Å². The Morgan fingerprint density at radius 2 is 1.24 bits per heavy atom. The van der Waals surface area contributed by atoms with Crippen molar-refractivity contribution in [1.82, 2.24) is 14.1 Å². The summed E-state index contributed by atoms with van der Waals surface area (Å²) in [6, 6.07) is 47.6. The molecule has 0 saturated carbocycles. The van der Waals surface area contributed by atoms with Crippen LogP contribution in [0.1, 0.15) is 0 Å². The average Bonchev–Trinajstić information content (AvgIpc) is 3.74. The highest BCUT2D eigenvalue weighted by Gasteiger charge is 2.22. The molecule has 0 atom stereocenters. The highest BCUT2D eigenvalue weighted by molar-refractivity contribution is 6.88. The molecule has 0 radical (unpaired) electrons. The third-order valence-electron chi connectivity index (χ3n) is 9.10. The third-order valence-corrected chi connectivity index (χ3v) is 11.1. The molecule has 45 heavy (non-hydrogen) atoms. The SMILES string of the molecule is C[Si](C)(C)c1ccc2nc(-c3ccccc3)n(-c3ccc(-n4c5ccccc5c5c6oc7ccccc7c6ccc54)cc3)c2c1. The van der Waals surface area contributed by atoms with E-state index in [9.17, 15) is 0 Å². The van der Waals surface area contributed by atoms with E-state index >= 15 is 0 Å². The number of hydrogen-bond acceptors (Lipinski definition) is 2. The number of imidazole rings is 1. The predicted octanol–water partition coefficient (Wildman–Crippen LogP) is 10.2. The van der Waals surface area contributed by atoms with Crippen LogP contribution in [-0.4, -0.2) is 22.2 Å². The van der Waals surface area contributed by atoms with Gasteiger partial charge < -0.3 is 8.98 Å². The second-order valence-corrected chi connectivity index (χ2v) is 18.0. The van der Waals surface area contributed by atoms with Gasteiger partial charge in [0.05, 0.1) is 35.5 Å². The van der Waals surface area contributed by atoms with Gasteiger partial charge in [0.25, 0.3) is 0 Å². The second kappa shape index (κ2) is 9.55. The molecular weight excluding hydrogens is 567 g/mol. The van der Waals surface area contributed by atoms with Gasteiger partial charge in [-0.15, -0.1) is 0 Å². The van der Waals surface area contributed by atoms with Crippen LogP contribution in [0.2, 0.25) is 19.6 Å². The number of nitrogens with zero attached hydrogens (tertiary/aromatic N) is 3. The highest BCUT2D eigenvalue weighted by Crippen LogP contribution is 2.40. The zero-order valence-electron chi connectivity index (χ0n) is 25.5. The van der Waals surface area contributed by atoms with Crippen LogP contribution in [0.4, 0.5) is 0 Å². The molecule has 9 aromatic rings. The first-order chi connectivity index (χ1) is 22.0. The van der Waals surface area contributed by atoms with Crippen molar-refractivity contribution in [2.24, 2.45) is 0 Å². The lowest BCUT2D eigenvalue weighted by atomic mass is 10.1. The zero-order valence-corrected chi connectivity index (χ0v) is 26.5. The fourth-order valence-electron chi connectivity index (χ4n) is 6.85. The van der Waals surface area contributed by atoms with E-state index < -0.39 is 8.07 Å². The van der Waals surface area contributed by atoms with Crippen LogP contribution >= 0.6 is 0 Å². The van der Waals surface area contributed by atoms with Gasteiger partial charge in [0.1, 0.15) is 17.0 Å². The van der Waals surface area contributed by atoms with E-state index in [1.165, 1.54) is 10.6 Å². The first kappa shape index (κ1) is 26.0. The molecule has 0 fully saturated rings. The molecule has 0 bridgehead atoms. The molecule has 0 amide bonds. The van der Waals surface area contributed by atoms with E-state index in [2.05, 4.69) is 156 Å². The molecule has 6 aromatic carbocycles. The van der Waals surface area contributed by atoms with Crippen LogP contribution in [0, 0.1) is 0 Å². The Bertz CT molecular complexity index is 2560. The van der Waals surface area contributed by atoms with Crippen LogP contribution in [0.25, 0.3) is 77.5 Å². The van der Waals surface area contributed by atoms with E-state index in [1.54, 1.807) is 0 Å². The van der Waals surface area contributed by atoms with Crippen molar-refractivity contribution in [2.45, 2.75) is 19.6 Å². The third kappa shape index (κ3) is 3.94. The summed E-state index contributed by atoms with van der Waals surface area (Å²) < 4.78 is 11.2. The van der Waals surface area contributed by atoms with Crippen molar-refractivity contribution >= 4 is 68.0 Å². The van der Waals surface area contributed by atoms with Gasteiger partial charge in [-0.2, -0.15) is 0 Å². The van der Waals surface area contributed by atoms with Gasteiger partial charge in [-0.1, -0.05) is 97.6 Å². The topological polar surface area (TPSA) is 35.9 Å². The smallest absolute Gasteiger partial charge is 0.145 e. The quantitative estimate of drug-likeness (QED) is 0.189. The lowest BCUT2D eigenvalue weighted by Gasteiger charge is -2.17. The lowest BCUT2D eigenvalue weighted by molar-refractivity contribution is 0.673. The normalized spacial score (nSPS) is 12.3. The van der Waals surface area contributed by atoms with Gasteiger partial charge in [0.15, 0.2) is 0 Å².